The number of rotatable bonds is 6. The van der Waals surface area contributed by atoms with Gasteiger partial charge in [-0.25, -0.2) is 0 Å². The molecule has 1 rings (SSSR count). The summed E-state index contributed by atoms with van der Waals surface area (Å²) in [5.74, 6) is 1.01. The minimum Gasteiger partial charge on any atom is -0.492 e. The summed E-state index contributed by atoms with van der Waals surface area (Å²) in [6, 6.07) is 6.65. The van der Waals surface area contributed by atoms with E-state index in [2.05, 4.69) is 39.1 Å². The van der Waals surface area contributed by atoms with Crippen molar-refractivity contribution in [2.24, 2.45) is 0 Å². The van der Waals surface area contributed by atoms with Gasteiger partial charge in [-0.2, -0.15) is 0 Å². The Morgan fingerprint density at radius 1 is 1.25 bits per heavy atom. The van der Waals surface area contributed by atoms with Gasteiger partial charge in [0.05, 0.1) is 0 Å². The van der Waals surface area contributed by atoms with Gasteiger partial charge in [-0.15, -0.1) is 0 Å². The molecule has 0 aromatic heterocycles. The molecule has 1 N–H and O–H groups in total. The van der Waals surface area contributed by atoms with Crippen LogP contribution < -0.4 is 10.1 Å². The van der Waals surface area contributed by atoms with E-state index in [0.717, 1.165) is 25.3 Å². The van der Waals surface area contributed by atoms with Gasteiger partial charge < -0.3 is 10.1 Å². The molecule has 1 aromatic carbocycles. The monoisotopic (exact) mass is 221 g/mol. The molecule has 0 saturated carbocycles. The zero-order valence-corrected chi connectivity index (χ0v) is 10.8. The first-order valence-electron chi connectivity index (χ1n) is 6.11. The van der Waals surface area contributed by atoms with E-state index >= 15 is 0 Å². The van der Waals surface area contributed by atoms with Crippen molar-refractivity contribution in [2.45, 2.75) is 40.2 Å². The van der Waals surface area contributed by atoms with Crippen LogP contribution >= 0.6 is 0 Å². The second kappa shape index (κ2) is 6.54. The van der Waals surface area contributed by atoms with Gasteiger partial charge in [0, 0.05) is 6.04 Å². The van der Waals surface area contributed by atoms with Crippen molar-refractivity contribution >= 4 is 0 Å². The van der Waals surface area contributed by atoms with Crippen molar-refractivity contribution in [1.82, 2.24) is 5.32 Å². The van der Waals surface area contributed by atoms with Crippen LogP contribution in [0.15, 0.2) is 18.2 Å². The molecule has 0 radical (unpaired) electrons. The SMILES string of the molecule is CCNC(CC)COc1cccc(C)c1C. The number of hydrogen-bond donors (Lipinski definition) is 1. The number of benzene rings is 1. The van der Waals surface area contributed by atoms with Gasteiger partial charge in [0.25, 0.3) is 0 Å². The summed E-state index contributed by atoms with van der Waals surface area (Å²) in [6.45, 7) is 10.3. The number of likely N-dealkylation sites (N-methyl/N-ethyl adjacent to an activating group) is 1. The molecule has 0 heterocycles. The van der Waals surface area contributed by atoms with Crippen LogP contribution in [-0.2, 0) is 0 Å². The smallest absolute Gasteiger partial charge is 0.122 e. The molecule has 0 amide bonds. The van der Waals surface area contributed by atoms with Crippen molar-refractivity contribution in [2.75, 3.05) is 13.2 Å². The first-order chi connectivity index (χ1) is 7.69. The lowest BCUT2D eigenvalue weighted by Gasteiger charge is -2.18. The third kappa shape index (κ3) is 3.53. The minimum atomic E-state index is 0.449. The highest BCUT2D eigenvalue weighted by molar-refractivity contribution is 5.38. The standard InChI is InChI=1S/C14H23NO/c1-5-13(15-6-2)10-16-14-9-7-8-11(3)12(14)4/h7-9,13,15H,5-6,10H2,1-4H3. The van der Waals surface area contributed by atoms with Crippen LogP contribution in [0.3, 0.4) is 0 Å². The molecule has 0 aliphatic rings. The molecule has 1 atom stereocenters. The summed E-state index contributed by atoms with van der Waals surface area (Å²) in [6.07, 6.45) is 1.10. The average Bonchev–Trinajstić information content (AvgIpc) is 2.29. The lowest BCUT2D eigenvalue weighted by Crippen LogP contribution is -2.33. The van der Waals surface area contributed by atoms with Crippen LogP contribution in [0.1, 0.15) is 31.4 Å². The maximum atomic E-state index is 5.86. The van der Waals surface area contributed by atoms with E-state index in [1.807, 2.05) is 12.1 Å². The van der Waals surface area contributed by atoms with Gasteiger partial charge in [-0.3, -0.25) is 0 Å². The quantitative estimate of drug-likeness (QED) is 0.797. The summed E-state index contributed by atoms with van der Waals surface area (Å²) in [4.78, 5) is 0. The molecule has 0 saturated heterocycles. The fourth-order valence-corrected chi connectivity index (χ4v) is 1.68. The third-order valence-electron chi connectivity index (χ3n) is 2.98. The van der Waals surface area contributed by atoms with Crippen molar-refractivity contribution in [3.63, 3.8) is 0 Å². The van der Waals surface area contributed by atoms with Crippen molar-refractivity contribution < 1.29 is 4.74 Å². The lowest BCUT2D eigenvalue weighted by atomic mass is 10.1. The number of nitrogens with one attached hydrogen (secondary N) is 1. The molecule has 1 aromatic rings. The molecule has 2 nitrogen and oxygen atoms in total. The van der Waals surface area contributed by atoms with Crippen LogP contribution in [0, 0.1) is 13.8 Å². The zero-order valence-electron chi connectivity index (χ0n) is 10.8. The van der Waals surface area contributed by atoms with E-state index in [0.29, 0.717) is 6.04 Å². The Kier molecular flexibility index (Phi) is 5.33. The maximum Gasteiger partial charge on any atom is 0.122 e. The fourth-order valence-electron chi connectivity index (χ4n) is 1.68. The Hall–Kier alpha value is -1.02. The summed E-state index contributed by atoms with van der Waals surface area (Å²) < 4.78 is 5.86. The van der Waals surface area contributed by atoms with Gasteiger partial charge in [0.15, 0.2) is 0 Å². The lowest BCUT2D eigenvalue weighted by molar-refractivity contribution is 0.260. The molecule has 1 unspecified atom stereocenters. The van der Waals surface area contributed by atoms with Crippen LogP contribution in [0.5, 0.6) is 5.75 Å². The summed E-state index contributed by atoms with van der Waals surface area (Å²) >= 11 is 0. The first kappa shape index (κ1) is 13.0. The van der Waals surface area contributed by atoms with E-state index in [1.165, 1.54) is 11.1 Å². The highest BCUT2D eigenvalue weighted by atomic mass is 16.5. The van der Waals surface area contributed by atoms with Gasteiger partial charge in [-0.1, -0.05) is 26.0 Å². The second-order valence-electron chi connectivity index (χ2n) is 4.17. The van der Waals surface area contributed by atoms with Gasteiger partial charge in [0.2, 0.25) is 0 Å². The molecule has 0 bridgehead atoms. The summed E-state index contributed by atoms with van der Waals surface area (Å²) in [7, 11) is 0. The highest BCUT2D eigenvalue weighted by Crippen LogP contribution is 2.20. The molecule has 2 heteroatoms. The first-order valence-corrected chi connectivity index (χ1v) is 6.11. The average molecular weight is 221 g/mol. The van der Waals surface area contributed by atoms with Crippen LogP contribution in [-0.4, -0.2) is 19.2 Å². The molecular formula is C14H23NO. The number of aryl methyl sites for hydroxylation is 1. The number of ether oxygens (including phenoxy) is 1. The Morgan fingerprint density at radius 3 is 2.62 bits per heavy atom. The van der Waals surface area contributed by atoms with E-state index in [4.69, 9.17) is 4.74 Å². The topological polar surface area (TPSA) is 21.3 Å². The van der Waals surface area contributed by atoms with E-state index < -0.39 is 0 Å². The van der Waals surface area contributed by atoms with E-state index in [-0.39, 0.29) is 0 Å². The fraction of sp³-hybridized carbons (Fsp3) is 0.571. The number of hydrogen-bond acceptors (Lipinski definition) is 2. The molecule has 0 fully saturated rings. The predicted molar refractivity (Wildman–Crippen MR) is 69.2 cm³/mol. The van der Waals surface area contributed by atoms with Crippen molar-refractivity contribution in [3.05, 3.63) is 29.3 Å². The molecular weight excluding hydrogens is 198 g/mol. The van der Waals surface area contributed by atoms with Crippen molar-refractivity contribution in [1.29, 1.82) is 0 Å². The Balaban J connectivity index is 2.56. The van der Waals surface area contributed by atoms with Gasteiger partial charge >= 0.3 is 0 Å². The van der Waals surface area contributed by atoms with Crippen LogP contribution in [0.25, 0.3) is 0 Å². The zero-order chi connectivity index (χ0) is 12.0. The van der Waals surface area contributed by atoms with E-state index in [1.54, 1.807) is 0 Å². The Bertz CT molecular complexity index is 323. The Labute approximate surface area is 99.0 Å². The van der Waals surface area contributed by atoms with Crippen LogP contribution in [0.2, 0.25) is 0 Å². The van der Waals surface area contributed by atoms with Crippen LogP contribution in [0.4, 0.5) is 0 Å². The summed E-state index contributed by atoms with van der Waals surface area (Å²) in [5.41, 5.74) is 2.53. The second-order valence-corrected chi connectivity index (χ2v) is 4.17. The molecule has 0 aliphatic heterocycles. The molecule has 0 spiro atoms. The van der Waals surface area contributed by atoms with Crippen molar-refractivity contribution in [3.8, 4) is 5.75 Å². The third-order valence-corrected chi connectivity index (χ3v) is 2.98. The molecule has 0 aliphatic carbocycles. The minimum absolute atomic E-state index is 0.449. The Morgan fingerprint density at radius 2 is 2.00 bits per heavy atom. The molecule has 16 heavy (non-hydrogen) atoms. The highest BCUT2D eigenvalue weighted by Gasteiger charge is 2.07. The van der Waals surface area contributed by atoms with E-state index in [9.17, 15) is 0 Å². The van der Waals surface area contributed by atoms with Gasteiger partial charge in [-0.05, 0) is 44.0 Å². The summed E-state index contributed by atoms with van der Waals surface area (Å²) in [5, 5.41) is 3.41. The molecule has 90 valence electrons. The normalized spacial score (nSPS) is 12.5. The van der Waals surface area contributed by atoms with Gasteiger partial charge in [0.1, 0.15) is 12.4 Å². The maximum absolute atomic E-state index is 5.86. The predicted octanol–water partition coefficient (Wildman–Crippen LogP) is 3.07. The largest absolute Gasteiger partial charge is 0.492 e.